The lowest BCUT2D eigenvalue weighted by Gasteiger charge is -2.16. The van der Waals surface area contributed by atoms with Crippen LogP contribution in [0.25, 0.3) is 0 Å². The van der Waals surface area contributed by atoms with Crippen LogP contribution in [-0.4, -0.2) is 38.2 Å². The molecule has 0 radical (unpaired) electrons. The summed E-state index contributed by atoms with van der Waals surface area (Å²) in [5, 5.41) is 3.04. The first-order valence-corrected chi connectivity index (χ1v) is 5.80. The summed E-state index contributed by atoms with van der Waals surface area (Å²) < 4.78 is 5.19. The van der Waals surface area contributed by atoms with E-state index in [1.54, 1.807) is 11.9 Å². The SMILES string of the molecule is CNCCCN(C)C(=O)OCc1ccccc1. The third kappa shape index (κ3) is 5.36. The van der Waals surface area contributed by atoms with Gasteiger partial charge in [0.25, 0.3) is 0 Å². The maximum absolute atomic E-state index is 11.6. The van der Waals surface area contributed by atoms with Gasteiger partial charge in [-0.25, -0.2) is 4.79 Å². The van der Waals surface area contributed by atoms with Crippen LogP contribution in [0.4, 0.5) is 4.79 Å². The van der Waals surface area contributed by atoms with E-state index < -0.39 is 0 Å². The van der Waals surface area contributed by atoms with Crippen molar-refractivity contribution in [2.24, 2.45) is 0 Å². The lowest BCUT2D eigenvalue weighted by molar-refractivity contribution is 0.104. The highest BCUT2D eigenvalue weighted by molar-refractivity contribution is 5.67. The van der Waals surface area contributed by atoms with Gasteiger partial charge in [-0.3, -0.25) is 0 Å². The van der Waals surface area contributed by atoms with E-state index in [2.05, 4.69) is 5.32 Å². The molecule has 0 saturated heterocycles. The molecule has 0 fully saturated rings. The van der Waals surface area contributed by atoms with Crippen LogP contribution >= 0.6 is 0 Å². The molecule has 0 aliphatic carbocycles. The van der Waals surface area contributed by atoms with Gasteiger partial charge in [0.2, 0.25) is 0 Å². The van der Waals surface area contributed by atoms with Crippen LogP contribution in [0.1, 0.15) is 12.0 Å². The predicted octanol–water partition coefficient (Wildman–Crippen LogP) is 1.86. The molecule has 0 unspecified atom stereocenters. The van der Waals surface area contributed by atoms with Gasteiger partial charge in [-0.15, -0.1) is 0 Å². The first-order chi connectivity index (χ1) is 8.24. The summed E-state index contributed by atoms with van der Waals surface area (Å²) in [5.74, 6) is 0. The highest BCUT2D eigenvalue weighted by atomic mass is 16.6. The van der Waals surface area contributed by atoms with Crippen molar-refractivity contribution >= 4 is 6.09 Å². The molecule has 1 aromatic carbocycles. The van der Waals surface area contributed by atoms with Crippen molar-refractivity contribution in [3.8, 4) is 0 Å². The highest BCUT2D eigenvalue weighted by Gasteiger charge is 2.08. The van der Waals surface area contributed by atoms with E-state index in [0.717, 1.165) is 18.5 Å². The second-order valence-corrected chi connectivity index (χ2v) is 3.92. The largest absolute Gasteiger partial charge is 0.445 e. The second-order valence-electron chi connectivity index (χ2n) is 3.92. The lowest BCUT2D eigenvalue weighted by Crippen LogP contribution is -2.29. The first kappa shape index (κ1) is 13.5. The van der Waals surface area contributed by atoms with Crippen LogP contribution in [0.2, 0.25) is 0 Å². The smallest absolute Gasteiger partial charge is 0.409 e. The monoisotopic (exact) mass is 236 g/mol. The number of ether oxygens (including phenoxy) is 1. The Hall–Kier alpha value is -1.55. The molecular formula is C13H20N2O2. The molecule has 0 aliphatic rings. The van der Waals surface area contributed by atoms with Gasteiger partial charge >= 0.3 is 6.09 Å². The Labute approximate surface area is 103 Å². The maximum Gasteiger partial charge on any atom is 0.409 e. The number of rotatable bonds is 6. The van der Waals surface area contributed by atoms with Crippen molar-refractivity contribution in [1.29, 1.82) is 0 Å². The highest BCUT2D eigenvalue weighted by Crippen LogP contribution is 2.02. The Balaban J connectivity index is 2.24. The molecule has 0 heterocycles. The lowest BCUT2D eigenvalue weighted by atomic mass is 10.2. The van der Waals surface area contributed by atoms with Crippen molar-refractivity contribution in [2.75, 3.05) is 27.2 Å². The minimum absolute atomic E-state index is 0.273. The molecule has 0 spiro atoms. The fourth-order valence-corrected chi connectivity index (χ4v) is 1.41. The van der Waals surface area contributed by atoms with E-state index in [4.69, 9.17) is 4.74 Å². The molecule has 1 N–H and O–H groups in total. The normalized spacial score (nSPS) is 10.0. The summed E-state index contributed by atoms with van der Waals surface area (Å²) in [4.78, 5) is 13.2. The summed E-state index contributed by atoms with van der Waals surface area (Å²) in [6.45, 7) is 1.93. The summed E-state index contributed by atoms with van der Waals surface area (Å²) in [6, 6.07) is 9.68. The number of nitrogens with one attached hydrogen (secondary N) is 1. The number of hydrogen-bond donors (Lipinski definition) is 1. The van der Waals surface area contributed by atoms with Gasteiger partial charge in [-0.05, 0) is 25.6 Å². The van der Waals surface area contributed by atoms with Gasteiger partial charge in [0.1, 0.15) is 6.61 Å². The van der Waals surface area contributed by atoms with Gasteiger partial charge in [-0.2, -0.15) is 0 Å². The predicted molar refractivity (Wildman–Crippen MR) is 67.8 cm³/mol. The number of nitrogens with zero attached hydrogens (tertiary/aromatic N) is 1. The van der Waals surface area contributed by atoms with Crippen LogP contribution in [-0.2, 0) is 11.3 Å². The van der Waals surface area contributed by atoms with Crippen LogP contribution in [0.5, 0.6) is 0 Å². The number of hydrogen-bond acceptors (Lipinski definition) is 3. The minimum Gasteiger partial charge on any atom is -0.445 e. The average molecular weight is 236 g/mol. The summed E-state index contributed by atoms with van der Waals surface area (Å²) in [6.07, 6.45) is 0.651. The van der Waals surface area contributed by atoms with Crippen molar-refractivity contribution in [3.63, 3.8) is 0 Å². The van der Waals surface area contributed by atoms with Gasteiger partial charge in [0, 0.05) is 13.6 Å². The van der Waals surface area contributed by atoms with Crippen LogP contribution in [0.15, 0.2) is 30.3 Å². The molecule has 0 aromatic heterocycles. The fourth-order valence-electron chi connectivity index (χ4n) is 1.41. The number of amides is 1. The topological polar surface area (TPSA) is 41.6 Å². The third-order valence-corrected chi connectivity index (χ3v) is 2.44. The zero-order valence-electron chi connectivity index (χ0n) is 10.5. The van der Waals surface area contributed by atoms with Crippen molar-refractivity contribution in [2.45, 2.75) is 13.0 Å². The van der Waals surface area contributed by atoms with E-state index in [-0.39, 0.29) is 6.09 Å². The Kier molecular flexibility index (Phi) is 6.10. The first-order valence-electron chi connectivity index (χ1n) is 5.80. The Morgan fingerprint density at radius 2 is 2.06 bits per heavy atom. The summed E-state index contributed by atoms with van der Waals surface area (Å²) >= 11 is 0. The quantitative estimate of drug-likeness (QED) is 0.767. The number of carbonyl (C=O) groups excluding carboxylic acids is 1. The Morgan fingerprint density at radius 1 is 1.35 bits per heavy atom. The molecular weight excluding hydrogens is 216 g/mol. The number of carbonyl (C=O) groups is 1. The molecule has 4 heteroatoms. The maximum atomic E-state index is 11.6. The summed E-state index contributed by atoms with van der Waals surface area (Å²) in [7, 11) is 3.65. The van der Waals surface area contributed by atoms with Crippen LogP contribution in [0, 0.1) is 0 Å². The standard InChI is InChI=1S/C13H20N2O2/c1-14-9-6-10-15(2)13(16)17-11-12-7-4-3-5-8-12/h3-5,7-8,14H,6,9-11H2,1-2H3. The van der Waals surface area contributed by atoms with E-state index in [9.17, 15) is 4.79 Å². The molecule has 0 saturated carbocycles. The minimum atomic E-state index is -0.273. The van der Waals surface area contributed by atoms with E-state index >= 15 is 0 Å². The van der Waals surface area contributed by atoms with E-state index in [0.29, 0.717) is 13.2 Å². The fraction of sp³-hybridized carbons (Fsp3) is 0.462. The van der Waals surface area contributed by atoms with Crippen LogP contribution < -0.4 is 5.32 Å². The van der Waals surface area contributed by atoms with Crippen molar-refractivity contribution in [1.82, 2.24) is 10.2 Å². The third-order valence-electron chi connectivity index (χ3n) is 2.44. The second kappa shape index (κ2) is 7.68. The van der Waals surface area contributed by atoms with Gasteiger partial charge in [0.05, 0.1) is 0 Å². The molecule has 94 valence electrons. The number of benzene rings is 1. The molecule has 1 amide bonds. The molecule has 0 atom stereocenters. The molecule has 17 heavy (non-hydrogen) atoms. The van der Waals surface area contributed by atoms with Crippen LogP contribution in [0.3, 0.4) is 0 Å². The zero-order valence-corrected chi connectivity index (χ0v) is 10.5. The van der Waals surface area contributed by atoms with E-state index in [1.165, 1.54) is 0 Å². The molecule has 0 aliphatic heterocycles. The molecule has 4 nitrogen and oxygen atoms in total. The van der Waals surface area contributed by atoms with Gasteiger partial charge < -0.3 is 15.0 Å². The summed E-state index contributed by atoms with van der Waals surface area (Å²) in [5.41, 5.74) is 1.00. The zero-order chi connectivity index (χ0) is 12.5. The van der Waals surface area contributed by atoms with Gasteiger partial charge in [-0.1, -0.05) is 30.3 Å². The Morgan fingerprint density at radius 3 is 2.71 bits per heavy atom. The molecule has 1 rings (SSSR count). The van der Waals surface area contributed by atoms with Gasteiger partial charge in [0.15, 0.2) is 0 Å². The average Bonchev–Trinajstić information content (AvgIpc) is 2.37. The van der Waals surface area contributed by atoms with Crippen molar-refractivity contribution < 1.29 is 9.53 Å². The molecule has 0 bridgehead atoms. The molecule has 1 aromatic rings. The van der Waals surface area contributed by atoms with E-state index in [1.807, 2.05) is 37.4 Å². The Bertz CT molecular complexity index is 327. The van der Waals surface area contributed by atoms with Crippen molar-refractivity contribution in [3.05, 3.63) is 35.9 Å².